The maximum Gasteiger partial charge on any atom is 0.271 e. The SMILES string of the molecule is CC(N)CC(=O)NCCNC(=O)c1cnccn1. The van der Waals surface area contributed by atoms with Crippen molar-refractivity contribution in [2.75, 3.05) is 13.1 Å². The monoisotopic (exact) mass is 251 g/mol. The Morgan fingerprint density at radius 3 is 2.67 bits per heavy atom. The third-order valence-corrected chi connectivity index (χ3v) is 2.04. The van der Waals surface area contributed by atoms with E-state index in [4.69, 9.17) is 5.73 Å². The van der Waals surface area contributed by atoms with Crippen LogP contribution in [-0.4, -0.2) is 40.9 Å². The normalized spacial score (nSPS) is 11.7. The van der Waals surface area contributed by atoms with Gasteiger partial charge in [-0.1, -0.05) is 0 Å². The van der Waals surface area contributed by atoms with Crippen LogP contribution in [0, 0.1) is 0 Å². The summed E-state index contributed by atoms with van der Waals surface area (Å²) in [6, 6.07) is -0.167. The number of amides is 2. The van der Waals surface area contributed by atoms with Gasteiger partial charge in [0, 0.05) is 37.9 Å². The molecule has 1 heterocycles. The molecule has 7 heteroatoms. The van der Waals surface area contributed by atoms with E-state index in [9.17, 15) is 9.59 Å². The zero-order valence-electron chi connectivity index (χ0n) is 10.2. The molecule has 0 aliphatic heterocycles. The van der Waals surface area contributed by atoms with Gasteiger partial charge in [0.1, 0.15) is 5.69 Å². The van der Waals surface area contributed by atoms with Crippen molar-refractivity contribution in [3.63, 3.8) is 0 Å². The first-order valence-electron chi connectivity index (χ1n) is 5.66. The molecule has 1 aromatic heterocycles. The van der Waals surface area contributed by atoms with Gasteiger partial charge in [-0.3, -0.25) is 14.6 Å². The summed E-state index contributed by atoms with van der Waals surface area (Å²) in [5.74, 6) is -0.441. The predicted molar refractivity (Wildman–Crippen MR) is 65.6 cm³/mol. The molecule has 1 rings (SSSR count). The van der Waals surface area contributed by atoms with Crippen LogP contribution in [0.25, 0.3) is 0 Å². The lowest BCUT2D eigenvalue weighted by atomic mass is 10.2. The van der Waals surface area contributed by atoms with Crippen molar-refractivity contribution in [2.45, 2.75) is 19.4 Å². The fraction of sp³-hybridized carbons (Fsp3) is 0.455. The molecule has 0 saturated carbocycles. The average Bonchev–Trinajstić information content (AvgIpc) is 2.34. The first-order chi connectivity index (χ1) is 8.59. The highest BCUT2D eigenvalue weighted by molar-refractivity contribution is 5.91. The second-order valence-electron chi connectivity index (χ2n) is 3.88. The molecule has 1 aromatic rings. The average molecular weight is 251 g/mol. The maximum atomic E-state index is 11.5. The van der Waals surface area contributed by atoms with Crippen LogP contribution in [0.2, 0.25) is 0 Å². The summed E-state index contributed by atoms with van der Waals surface area (Å²) < 4.78 is 0. The van der Waals surface area contributed by atoms with E-state index >= 15 is 0 Å². The van der Waals surface area contributed by atoms with Crippen molar-refractivity contribution < 1.29 is 9.59 Å². The van der Waals surface area contributed by atoms with Gasteiger partial charge in [0.25, 0.3) is 5.91 Å². The van der Waals surface area contributed by atoms with Crippen molar-refractivity contribution in [1.82, 2.24) is 20.6 Å². The second-order valence-corrected chi connectivity index (χ2v) is 3.88. The lowest BCUT2D eigenvalue weighted by molar-refractivity contribution is -0.121. The van der Waals surface area contributed by atoms with Crippen LogP contribution in [0.5, 0.6) is 0 Å². The molecule has 7 nitrogen and oxygen atoms in total. The molecule has 0 aromatic carbocycles. The maximum absolute atomic E-state index is 11.5. The number of carbonyl (C=O) groups excluding carboxylic acids is 2. The lowest BCUT2D eigenvalue weighted by Gasteiger charge is -2.08. The van der Waals surface area contributed by atoms with Gasteiger partial charge in [0.15, 0.2) is 0 Å². The van der Waals surface area contributed by atoms with Crippen LogP contribution in [0.4, 0.5) is 0 Å². The van der Waals surface area contributed by atoms with Gasteiger partial charge in [-0.05, 0) is 6.92 Å². The third-order valence-electron chi connectivity index (χ3n) is 2.04. The van der Waals surface area contributed by atoms with Gasteiger partial charge < -0.3 is 16.4 Å². The standard InChI is InChI=1S/C11H17N5O2/c1-8(12)6-10(17)15-4-5-16-11(18)9-7-13-2-3-14-9/h2-3,7-8H,4-6,12H2,1H3,(H,15,17)(H,16,18). The Hall–Kier alpha value is -2.02. The van der Waals surface area contributed by atoms with Crippen LogP contribution in [-0.2, 0) is 4.79 Å². The molecule has 1 unspecified atom stereocenters. The summed E-state index contributed by atoms with van der Waals surface area (Å²) >= 11 is 0. The Kier molecular flexibility index (Phi) is 5.72. The molecule has 0 saturated heterocycles. The summed E-state index contributed by atoms with van der Waals surface area (Å²) in [4.78, 5) is 30.4. The quantitative estimate of drug-likeness (QED) is 0.565. The first-order valence-corrected chi connectivity index (χ1v) is 5.66. The Bertz CT molecular complexity index is 394. The summed E-state index contributed by atoms with van der Waals surface area (Å²) in [6.45, 7) is 2.45. The number of carbonyl (C=O) groups is 2. The summed E-state index contributed by atoms with van der Waals surface area (Å²) in [5.41, 5.74) is 5.73. The van der Waals surface area contributed by atoms with E-state index in [2.05, 4.69) is 20.6 Å². The minimum absolute atomic E-state index is 0.126. The van der Waals surface area contributed by atoms with Crippen LogP contribution < -0.4 is 16.4 Å². The number of aromatic nitrogens is 2. The van der Waals surface area contributed by atoms with Crippen molar-refractivity contribution in [2.24, 2.45) is 5.73 Å². The number of nitrogens with two attached hydrogens (primary N) is 1. The van der Waals surface area contributed by atoms with Gasteiger partial charge in [0.05, 0.1) is 6.20 Å². The molecule has 1 atom stereocenters. The number of hydrogen-bond donors (Lipinski definition) is 3. The lowest BCUT2D eigenvalue weighted by Crippen LogP contribution is -2.36. The zero-order valence-corrected chi connectivity index (χ0v) is 10.2. The smallest absolute Gasteiger partial charge is 0.271 e. The highest BCUT2D eigenvalue weighted by Crippen LogP contribution is 1.89. The largest absolute Gasteiger partial charge is 0.354 e. The molecule has 98 valence electrons. The summed E-state index contributed by atoms with van der Waals surface area (Å²) in [5, 5.41) is 5.27. The number of rotatable bonds is 6. The number of nitrogens with one attached hydrogen (secondary N) is 2. The Morgan fingerprint density at radius 2 is 2.06 bits per heavy atom. The molecule has 2 amide bonds. The van der Waals surface area contributed by atoms with Crippen LogP contribution in [0.15, 0.2) is 18.6 Å². The van der Waals surface area contributed by atoms with Crippen LogP contribution >= 0.6 is 0 Å². The van der Waals surface area contributed by atoms with Gasteiger partial charge in [0.2, 0.25) is 5.91 Å². The Balaban J connectivity index is 2.19. The van der Waals surface area contributed by atoms with E-state index in [1.54, 1.807) is 6.92 Å². The van der Waals surface area contributed by atoms with Gasteiger partial charge in [-0.15, -0.1) is 0 Å². The van der Waals surface area contributed by atoms with E-state index in [1.165, 1.54) is 18.6 Å². The highest BCUT2D eigenvalue weighted by Gasteiger charge is 2.07. The van der Waals surface area contributed by atoms with Gasteiger partial charge in [-0.25, -0.2) is 4.98 Å². The summed E-state index contributed by atoms with van der Waals surface area (Å²) in [7, 11) is 0. The molecule has 0 aliphatic carbocycles. The van der Waals surface area contributed by atoms with E-state index in [-0.39, 0.29) is 30.0 Å². The molecule has 0 spiro atoms. The third kappa shape index (κ3) is 5.35. The molecule has 0 radical (unpaired) electrons. The zero-order chi connectivity index (χ0) is 13.4. The Labute approximate surface area is 105 Å². The Morgan fingerprint density at radius 1 is 1.33 bits per heavy atom. The predicted octanol–water partition coefficient (Wildman–Crippen LogP) is -0.940. The van der Waals surface area contributed by atoms with Crippen molar-refractivity contribution in [1.29, 1.82) is 0 Å². The fourth-order valence-corrected chi connectivity index (χ4v) is 1.25. The minimum Gasteiger partial charge on any atom is -0.354 e. The summed E-state index contributed by atoms with van der Waals surface area (Å²) in [6.07, 6.45) is 4.59. The number of hydrogen-bond acceptors (Lipinski definition) is 5. The van der Waals surface area contributed by atoms with Crippen molar-refractivity contribution in [3.05, 3.63) is 24.3 Å². The van der Waals surface area contributed by atoms with Gasteiger partial charge >= 0.3 is 0 Å². The van der Waals surface area contributed by atoms with Crippen LogP contribution in [0.1, 0.15) is 23.8 Å². The van der Waals surface area contributed by atoms with Gasteiger partial charge in [-0.2, -0.15) is 0 Å². The molecule has 0 aliphatic rings. The van der Waals surface area contributed by atoms with Crippen LogP contribution in [0.3, 0.4) is 0 Å². The van der Waals surface area contributed by atoms with E-state index < -0.39 is 0 Å². The molecule has 4 N–H and O–H groups in total. The molecular weight excluding hydrogens is 234 g/mol. The first kappa shape index (κ1) is 14.0. The van der Waals surface area contributed by atoms with E-state index in [0.717, 1.165) is 0 Å². The number of nitrogens with zero attached hydrogens (tertiary/aromatic N) is 2. The molecule has 18 heavy (non-hydrogen) atoms. The fourth-order valence-electron chi connectivity index (χ4n) is 1.25. The minimum atomic E-state index is -0.315. The van der Waals surface area contributed by atoms with Crippen molar-refractivity contribution in [3.8, 4) is 0 Å². The molecule has 0 fully saturated rings. The van der Waals surface area contributed by atoms with E-state index in [0.29, 0.717) is 13.1 Å². The molecule has 0 bridgehead atoms. The van der Waals surface area contributed by atoms with Crippen molar-refractivity contribution >= 4 is 11.8 Å². The highest BCUT2D eigenvalue weighted by atomic mass is 16.2. The van der Waals surface area contributed by atoms with E-state index in [1.807, 2.05) is 0 Å². The molecular formula is C11H17N5O2. The second kappa shape index (κ2) is 7.33. The topological polar surface area (TPSA) is 110 Å².